The van der Waals surface area contributed by atoms with Gasteiger partial charge in [-0.1, -0.05) is 24.6 Å². The molecule has 0 saturated carbocycles. The lowest BCUT2D eigenvalue weighted by Gasteiger charge is -2.39. The van der Waals surface area contributed by atoms with Gasteiger partial charge in [-0.3, -0.25) is 4.79 Å². The minimum Gasteiger partial charge on any atom is -0.430 e. The largest absolute Gasteiger partial charge is 0.430 e. The highest BCUT2D eigenvalue weighted by Crippen LogP contribution is 2.39. The van der Waals surface area contributed by atoms with Crippen molar-refractivity contribution in [3.63, 3.8) is 0 Å². The number of amides is 2. The number of anilines is 1. The van der Waals surface area contributed by atoms with Gasteiger partial charge < -0.3 is 9.64 Å². The van der Waals surface area contributed by atoms with Crippen molar-refractivity contribution >= 4 is 29.3 Å². The van der Waals surface area contributed by atoms with E-state index in [1.807, 2.05) is 18.9 Å². The first-order valence-corrected chi connectivity index (χ1v) is 7.33. The number of halogens is 1. The van der Waals surface area contributed by atoms with E-state index < -0.39 is 11.7 Å². The lowest BCUT2D eigenvalue weighted by molar-refractivity contribution is -0.139. The summed E-state index contributed by atoms with van der Waals surface area (Å²) in [5, 5.41) is 0.475. The Hall–Kier alpha value is -1.59. The lowest BCUT2D eigenvalue weighted by atomic mass is 9.82. The molecule has 112 valence electrons. The molecule has 0 radical (unpaired) electrons. The van der Waals surface area contributed by atoms with E-state index in [-0.39, 0.29) is 11.8 Å². The molecule has 0 bridgehead atoms. The summed E-state index contributed by atoms with van der Waals surface area (Å²) < 4.78 is 5.54. The molecule has 1 spiro atoms. The number of ether oxygens (including phenoxy) is 1. The third-order valence-electron chi connectivity index (χ3n) is 4.33. The Morgan fingerprint density at radius 1 is 1.38 bits per heavy atom. The van der Waals surface area contributed by atoms with Gasteiger partial charge in [-0.25, -0.2) is 9.69 Å². The quantitative estimate of drug-likeness (QED) is 0.800. The fraction of sp³-hybridized carbons (Fsp3) is 0.467. The first kappa shape index (κ1) is 14.4. The summed E-state index contributed by atoms with van der Waals surface area (Å²) >= 11 is 5.95. The van der Waals surface area contributed by atoms with Gasteiger partial charge >= 0.3 is 6.09 Å². The zero-order valence-corrected chi connectivity index (χ0v) is 12.8. The first-order chi connectivity index (χ1) is 9.94. The molecule has 5 nitrogen and oxygen atoms in total. The van der Waals surface area contributed by atoms with Crippen LogP contribution in [0.4, 0.5) is 10.5 Å². The molecule has 2 atom stereocenters. The van der Waals surface area contributed by atoms with Crippen molar-refractivity contribution < 1.29 is 14.3 Å². The molecule has 2 saturated heterocycles. The summed E-state index contributed by atoms with van der Waals surface area (Å²) in [5.41, 5.74) is -0.623. The van der Waals surface area contributed by atoms with Crippen LogP contribution in [-0.4, -0.2) is 42.6 Å². The van der Waals surface area contributed by atoms with Crippen LogP contribution in [0, 0.1) is 5.92 Å². The van der Waals surface area contributed by atoms with Crippen molar-refractivity contribution in [1.82, 2.24) is 4.90 Å². The molecule has 0 aromatic heterocycles. The minimum atomic E-state index is -1.08. The first-order valence-electron chi connectivity index (χ1n) is 6.96. The number of rotatable bonds is 1. The molecule has 6 heteroatoms. The van der Waals surface area contributed by atoms with Crippen molar-refractivity contribution in [3.8, 4) is 0 Å². The molecule has 1 aromatic rings. The second kappa shape index (κ2) is 5.00. The van der Waals surface area contributed by atoms with Crippen molar-refractivity contribution in [3.05, 3.63) is 29.3 Å². The Labute approximate surface area is 128 Å². The predicted molar refractivity (Wildman–Crippen MR) is 79.4 cm³/mol. The molecule has 3 rings (SSSR count). The van der Waals surface area contributed by atoms with E-state index >= 15 is 0 Å². The second-order valence-electron chi connectivity index (χ2n) is 5.81. The number of likely N-dealkylation sites (tertiary alicyclic amines) is 1. The molecule has 21 heavy (non-hydrogen) atoms. The van der Waals surface area contributed by atoms with Crippen LogP contribution >= 0.6 is 11.6 Å². The maximum absolute atomic E-state index is 12.9. The van der Waals surface area contributed by atoms with E-state index in [1.165, 1.54) is 0 Å². The monoisotopic (exact) mass is 308 g/mol. The number of likely N-dealkylation sites (N-methyl/N-ethyl adjacent to an activating group) is 1. The highest BCUT2D eigenvalue weighted by Gasteiger charge is 2.59. The molecule has 0 aliphatic carbocycles. The number of piperidine rings is 1. The minimum absolute atomic E-state index is 0.00525. The van der Waals surface area contributed by atoms with Gasteiger partial charge in [0.25, 0.3) is 5.91 Å². The number of imide groups is 1. The number of carbonyl (C=O) groups excluding carboxylic acids is 2. The summed E-state index contributed by atoms with van der Waals surface area (Å²) in [5.74, 6) is -0.303. The molecular formula is C15H17ClN2O3. The molecule has 2 aliphatic rings. The second-order valence-corrected chi connectivity index (χ2v) is 6.24. The average molecular weight is 309 g/mol. The number of hydrogen-bond acceptors (Lipinski definition) is 4. The predicted octanol–water partition coefficient (Wildman–Crippen LogP) is 2.53. The van der Waals surface area contributed by atoms with E-state index in [0.29, 0.717) is 17.3 Å². The van der Waals surface area contributed by atoms with E-state index in [4.69, 9.17) is 16.3 Å². The van der Waals surface area contributed by atoms with Crippen LogP contribution in [0.2, 0.25) is 5.02 Å². The fourth-order valence-corrected chi connectivity index (χ4v) is 3.23. The SMILES string of the molecule is CC1CCN(C)CC12OC(=O)N(c1cccc(Cl)c1)C2=O. The Kier molecular flexibility index (Phi) is 3.42. The van der Waals surface area contributed by atoms with Crippen LogP contribution < -0.4 is 4.90 Å². The topological polar surface area (TPSA) is 49.9 Å². The third kappa shape index (κ3) is 2.21. The summed E-state index contributed by atoms with van der Waals surface area (Å²) in [6.07, 6.45) is 0.197. The van der Waals surface area contributed by atoms with Crippen LogP contribution in [0.25, 0.3) is 0 Å². The van der Waals surface area contributed by atoms with E-state index in [1.54, 1.807) is 24.3 Å². The van der Waals surface area contributed by atoms with E-state index in [9.17, 15) is 9.59 Å². The highest BCUT2D eigenvalue weighted by atomic mass is 35.5. The number of benzene rings is 1. The van der Waals surface area contributed by atoms with Crippen molar-refractivity contribution in [2.75, 3.05) is 25.0 Å². The van der Waals surface area contributed by atoms with Gasteiger partial charge in [0, 0.05) is 17.5 Å². The normalized spacial score (nSPS) is 30.0. The van der Waals surface area contributed by atoms with Gasteiger partial charge in [0.05, 0.1) is 5.69 Å². The molecular weight excluding hydrogens is 292 g/mol. The Balaban J connectivity index is 1.99. The summed E-state index contributed by atoms with van der Waals surface area (Å²) in [6, 6.07) is 6.68. The molecule has 1 aromatic carbocycles. The number of nitrogens with zero attached hydrogens (tertiary/aromatic N) is 2. The van der Waals surface area contributed by atoms with Crippen molar-refractivity contribution in [2.24, 2.45) is 5.92 Å². The van der Waals surface area contributed by atoms with Gasteiger partial charge in [0.15, 0.2) is 0 Å². The van der Waals surface area contributed by atoms with Crippen LogP contribution in [-0.2, 0) is 9.53 Å². The molecule has 2 aliphatic heterocycles. The molecule has 0 N–H and O–H groups in total. The Morgan fingerprint density at radius 3 is 2.86 bits per heavy atom. The summed E-state index contributed by atoms with van der Waals surface area (Å²) in [6.45, 7) is 3.28. The van der Waals surface area contributed by atoms with E-state index in [0.717, 1.165) is 17.9 Å². The standard InChI is InChI=1S/C15H17ClN2O3/c1-10-6-7-17(2)9-15(10)13(19)18(14(20)21-15)12-5-3-4-11(16)8-12/h3-5,8,10H,6-7,9H2,1-2H3. The Morgan fingerprint density at radius 2 is 2.14 bits per heavy atom. The van der Waals surface area contributed by atoms with Crippen LogP contribution in [0.5, 0.6) is 0 Å². The maximum Gasteiger partial charge on any atom is 0.422 e. The molecule has 2 unspecified atom stereocenters. The molecule has 2 fully saturated rings. The molecule has 2 amide bonds. The van der Waals surface area contributed by atoms with Gasteiger partial charge in [-0.05, 0) is 38.2 Å². The van der Waals surface area contributed by atoms with Gasteiger partial charge in [-0.15, -0.1) is 0 Å². The van der Waals surface area contributed by atoms with Crippen LogP contribution in [0.15, 0.2) is 24.3 Å². The fourth-order valence-electron chi connectivity index (χ4n) is 3.05. The zero-order chi connectivity index (χ0) is 15.2. The maximum atomic E-state index is 12.9. The van der Waals surface area contributed by atoms with E-state index in [2.05, 4.69) is 0 Å². The number of hydrogen-bond donors (Lipinski definition) is 0. The van der Waals surface area contributed by atoms with Crippen molar-refractivity contribution in [1.29, 1.82) is 0 Å². The summed E-state index contributed by atoms with van der Waals surface area (Å²) in [4.78, 5) is 28.2. The smallest absolute Gasteiger partial charge is 0.422 e. The van der Waals surface area contributed by atoms with Gasteiger partial charge in [0.2, 0.25) is 5.60 Å². The van der Waals surface area contributed by atoms with Gasteiger partial charge in [-0.2, -0.15) is 0 Å². The number of carbonyl (C=O) groups is 2. The lowest BCUT2D eigenvalue weighted by Crippen LogP contribution is -2.57. The van der Waals surface area contributed by atoms with Gasteiger partial charge in [0.1, 0.15) is 0 Å². The zero-order valence-electron chi connectivity index (χ0n) is 12.0. The Bertz CT molecular complexity index is 606. The molecule has 2 heterocycles. The highest BCUT2D eigenvalue weighted by molar-refractivity contribution is 6.31. The van der Waals surface area contributed by atoms with Crippen LogP contribution in [0.1, 0.15) is 13.3 Å². The third-order valence-corrected chi connectivity index (χ3v) is 4.56. The average Bonchev–Trinajstić information content (AvgIpc) is 2.66. The summed E-state index contributed by atoms with van der Waals surface area (Å²) in [7, 11) is 1.93. The van der Waals surface area contributed by atoms with Crippen LogP contribution in [0.3, 0.4) is 0 Å². The van der Waals surface area contributed by atoms with Crippen molar-refractivity contribution in [2.45, 2.75) is 18.9 Å².